The van der Waals surface area contributed by atoms with Gasteiger partial charge in [0.25, 0.3) is 0 Å². The minimum absolute atomic E-state index is 0.174. The molecule has 0 radical (unpaired) electrons. The predicted molar refractivity (Wildman–Crippen MR) is 79.0 cm³/mol. The van der Waals surface area contributed by atoms with Crippen LogP contribution in [0.15, 0.2) is 42.5 Å². The van der Waals surface area contributed by atoms with Gasteiger partial charge in [0.15, 0.2) is 0 Å². The van der Waals surface area contributed by atoms with E-state index in [0.717, 1.165) is 16.6 Å². The van der Waals surface area contributed by atoms with Crippen LogP contribution in [0.1, 0.15) is 11.1 Å². The molecule has 0 aliphatic carbocycles. The normalized spacial score (nSPS) is 11.1. The topological polar surface area (TPSA) is 43.8 Å². The number of hydrogen-bond donors (Lipinski definition) is 1. The maximum absolute atomic E-state index is 13.6. The number of aryl methyl sites for hydroxylation is 3. The third-order valence-electron chi connectivity index (χ3n) is 3.57. The maximum Gasteiger partial charge on any atom is 0.201 e. The van der Waals surface area contributed by atoms with Crippen molar-refractivity contribution >= 4 is 17.0 Å². The van der Waals surface area contributed by atoms with Gasteiger partial charge in [0.2, 0.25) is 5.95 Å². The van der Waals surface area contributed by atoms with Crippen LogP contribution in [0.3, 0.4) is 0 Å². The third kappa shape index (κ3) is 2.13. The van der Waals surface area contributed by atoms with Gasteiger partial charge in [-0.1, -0.05) is 30.3 Å². The number of anilines is 1. The highest BCUT2D eigenvalue weighted by atomic mass is 19.1. The Labute approximate surface area is 116 Å². The number of nitrogen functional groups attached to an aromatic ring is 1. The second-order valence-corrected chi connectivity index (χ2v) is 4.91. The number of imidazole rings is 1. The summed E-state index contributed by atoms with van der Waals surface area (Å²) in [5.74, 6) is 0.303. The molecule has 1 heterocycles. The van der Waals surface area contributed by atoms with Gasteiger partial charge < -0.3 is 10.3 Å². The summed E-state index contributed by atoms with van der Waals surface area (Å²) < 4.78 is 15.6. The molecule has 102 valence electrons. The summed E-state index contributed by atoms with van der Waals surface area (Å²) in [5.41, 5.74) is 9.69. The number of para-hydroxylation sites is 1. The van der Waals surface area contributed by atoms with Gasteiger partial charge in [-0.05, 0) is 36.6 Å². The van der Waals surface area contributed by atoms with E-state index < -0.39 is 0 Å². The van der Waals surface area contributed by atoms with Gasteiger partial charge >= 0.3 is 0 Å². The second kappa shape index (κ2) is 4.96. The van der Waals surface area contributed by atoms with Crippen LogP contribution in [-0.2, 0) is 13.0 Å². The Bertz CT molecular complexity index is 762. The molecule has 2 N–H and O–H groups in total. The van der Waals surface area contributed by atoms with Gasteiger partial charge in [0.05, 0.1) is 11.0 Å². The summed E-state index contributed by atoms with van der Waals surface area (Å²) >= 11 is 0. The maximum atomic E-state index is 13.6. The van der Waals surface area contributed by atoms with Crippen LogP contribution in [0.25, 0.3) is 11.0 Å². The number of nitrogens with zero attached hydrogens (tertiary/aromatic N) is 2. The van der Waals surface area contributed by atoms with E-state index in [0.29, 0.717) is 24.5 Å². The number of fused-ring (bicyclic) bond motifs is 1. The zero-order chi connectivity index (χ0) is 14.1. The van der Waals surface area contributed by atoms with Crippen LogP contribution in [-0.4, -0.2) is 9.55 Å². The Morgan fingerprint density at radius 2 is 1.95 bits per heavy atom. The molecule has 0 aliphatic heterocycles. The SMILES string of the molecule is Cc1cccc2c1nc(N)n2CCc1ccccc1F. The van der Waals surface area contributed by atoms with E-state index in [1.807, 2.05) is 35.8 Å². The van der Waals surface area contributed by atoms with Crippen molar-refractivity contribution in [1.29, 1.82) is 0 Å². The van der Waals surface area contributed by atoms with Gasteiger partial charge in [0.1, 0.15) is 5.82 Å². The van der Waals surface area contributed by atoms with Crippen LogP contribution in [0, 0.1) is 12.7 Å². The predicted octanol–water partition coefficient (Wildman–Crippen LogP) is 3.31. The molecule has 0 spiro atoms. The van der Waals surface area contributed by atoms with Crippen LogP contribution in [0.2, 0.25) is 0 Å². The van der Waals surface area contributed by atoms with Crippen LogP contribution in [0.4, 0.5) is 10.3 Å². The summed E-state index contributed by atoms with van der Waals surface area (Å²) in [6.45, 7) is 2.63. The molecule has 2 aromatic carbocycles. The lowest BCUT2D eigenvalue weighted by molar-refractivity contribution is 0.597. The highest BCUT2D eigenvalue weighted by Gasteiger charge is 2.10. The first-order chi connectivity index (χ1) is 9.66. The lowest BCUT2D eigenvalue weighted by atomic mass is 10.1. The first kappa shape index (κ1) is 12.7. The zero-order valence-electron chi connectivity index (χ0n) is 11.3. The third-order valence-corrected chi connectivity index (χ3v) is 3.57. The second-order valence-electron chi connectivity index (χ2n) is 4.91. The lowest BCUT2D eigenvalue weighted by Crippen LogP contribution is -2.06. The van der Waals surface area contributed by atoms with Crippen molar-refractivity contribution in [3.8, 4) is 0 Å². The highest BCUT2D eigenvalue weighted by molar-refractivity contribution is 5.81. The van der Waals surface area contributed by atoms with E-state index in [2.05, 4.69) is 4.98 Å². The van der Waals surface area contributed by atoms with Crippen molar-refractivity contribution in [2.75, 3.05) is 5.73 Å². The summed E-state index contributed by atoms with van der Waals surface area (Å²) in [7, 11) is 0. The largest absolute Gasteiger partial charge is 0.369 e. The molecule has 0 saturated carbocycles. The smallest absolute Gasteiger partial charge is 0.201 e. The molecular weight excluding hydrogens is 253 g/mol. The van der Waals surface area contributed by atoms with Crippen molar-refractivity contribution in [2.45, 2.75) is 19.9 Å². The standard InChI is InChI=1S/C16H16FN3/c1-11-5-4-8-14-15(11)19-16(18)20(14)10-9-12-6-2-3-7-13(12)17/h2-8H,9-10H2,1H3,(H2,18,19). The number of rotatable bonds is 3. The van der Waals surface area contributed by atoms with E-state index in [4.69, 9.17) is 5.73 Å². The molecule has 3 rings (SSSR count). The van der Waals surface area contributed by atoms with Crippen LogP contribution < -0.4 is 5.73 Å². The number of aromatic nitrogens is 2. The molecule has 20 heavy (non-hydrogen) atoms. The molecule has 1 aromatic heterocycles. The number of halogens is 1. The van der Waals surface area contributed by atoms with E-state index in [9.17, 15) is 4.39 Å². The summed E-state index contributed by atoms with van der Waals surface area (Å²) in [6.07, 6.45) is 0.594. The van der Waals surface area contributed by atoms with E-state index in [1.54, 1.807) is 12.1 Å². The minimum atomic E-state index is -0.174. The first-order valence-electron chi connectivity index (χ1n) is 6.61. The zero-order valence-corrected chi connectivity index (χ0v) is 11.3. The molecule has 3 nitrogen and oxygen atoms in total. The Morgan fingerprint density at radius 3 is 2.75 bits per heavy atom. The number of nitrogens with two attached hydrogens (primary N) is 1. The van der Waals surface area contributed by atoms with Gasteiger partial charge in [-0.15, -0.1) is 0 Å². The molecule has 0 fully saturated rings. The average molecular weight is 269 g/mol. The molecule has 0 atom stereocenters. The lowest BCUT2D eigenvalue weighted by Gasteiger charge is -2.07. The van der Waals surface area contributed by atoms with Crippen molar-refractivity contribution in [3.63, 3.8) is 0 Å². The molecule has 0 amide bonds. The summed E-state index contributed by atoms with van der Waals surface area (Å²) in [4.78, 5) is 4.39. The average Bonchev–Trinajstić information content (AvgIpc) is 2.76. The van der Waals surface area contributed by atoms with E-state index in [-0.39, 0.29) is 5.82 Å². The van der Waals surface area contributed by atoms with Gasteiger partial charge in [-0.2, -0.15) is 0 Å². The highest BCUT2D eigenvalue weighted by Crippen LogP contribution is 2.21. The first-order valence-corrected chi connectivity index (χ1v) is 6.61. The van der Waals surface area contributed by atoms with E-state index in [1.165, 1.54) is 6.07 Å². The van der Waals surface area contributed by atoms with Crippen molar-refractivity contribution in [2.24, 2.45) is 0 Å². The quantitative estimate of drug-likeness (QED) is 0.792. The monoisotopic (exact) mass is 269 g/mol. The Morgan fingerprint density at radius 1 is 1.15 bits per heavy atom. The Hall–Kier alpha value is -2.36. The molecule has 4 heteroatoms. The number of benzene rings is 2. The number of hydrogen-bond acceptors (Lipinski definition) is 2. The fourth-order valence-corrected chi connectivity index (χ4v) is 2.47. The van der Waals surface area contributed by atoms with Gasteiger partial charge in [0, 0.05) is 6.54 Å². The van der Waals surface area contributed by atoms with Crippen LogP contribution >= 0.6 is 0 Å². The fourth-order valence-electron chi connectivity index (χ4n) is 2.47. The van der Waals surface area contributed by atoms with Crippen molar-refractivity contribution in [3.05, 3.63) is 59.4 Å². The molecule has 0 aliphatic rings. The fraction of sp³-hybridized carbons (Fsp3) is 0.188. The Kier molecular flexibility index (Phi) is 3.14. The minimum Gasteiger partial charge on any atom is -0.369 e. The summed E-state index contributed by atoms with van der Waals surface area (Å²) in [6, 6.07) is 12.8. The van der Waals surface area contributed by atoms with E-state index >= 15 is 0 Å². The Balaban J connectivity index is 1.94. The summed E-state index contributed by atoms with van der Waals surface area (Å²) in [5, 5.41) is 0. The molecular formula is C16H16FN3. The molecule has 0 unspecified atom stereocenters. The van der Waals surface area contributed by atoms with Gasteiger partial charge in [-0.25, -0.2) is 9.37 Å². The van der Waals surface area contributed by atoms with Crippen molar-refractivity contribution in [1.82, 2.24) is 9.55 Å². The molecule has 3 aromatic rings. The van der Waals surface area contributed by atoms with Crippen molar-refractivity contribution < 1.29 is 4.39 Å². The van der Waals surface area contributed by atoms with Gasteiger partial charge in [-0.3, -0.25) is 0 Å². The van der Waals surface area contributed by atoms with Crippen LogP contribution in [0.5, 0.6) is 0 Å². The molecule has 0 bridgehead atoms. The molecule has 0 saturated heterocycles.